The fourth-order valence-electron chi connectivity index (χ4n) is 3.97. The molecule has 2 amide bonds. The maximum Gasteiger partial charge on any atom is 0.256 e. The summed E-state index contributed by atoms with van der Waals surface area (Å²) in [6.07, 6.45) is 4.45. The van der Waals surface area contributed by atoms with Gasteiger partial charge in [-0.2, -0.15) is 0 Å². The summed E-state index contributed by atoms with van der Waals surface area (Å²) in [4.78, 5) is 30.9. The number of hydrogen-bond donors (Lipinski definition) is 1. The third kappa shape index (κ3) is 4.93. The zero-order valence-corrected chi connectivity index (χ0v) is 17.4. The molecule has 2 aromatic carbocycles. The monoisotopic (exact) mass is 409 g/mol. The average molecular weight is 410 g/mol. The highest BCUT2D eigenvalue weighted by molar-refractivity contribution is 8.00. The Morgan fingerprint density at radius 1 is 0.897 bits per heavy atom. The largest absolute Gasteiger partial charge is 0.371 e. The molecule has 0 atom stereocenters. The first-order valence-electron chi connectivity index (χ1n) is 10.4. The van der Waals surface area contributed by atoms with Gasteiger partial charge in [-0.15, -0.1) is 11.8 Å². The van der Waals surface area contributed by atoms with Crippen LogP contribution in [0.1, 0.15) is 36.0 Å². The summed E-state index contributed by atoms with van der Waals surface area (Å²) in [5, 5.41) is 2.97. The van der Waals surface area contributed by atoms with E-state index in [1.165, 1.54) is 11.8 Å². The van der Waals surface area contributed by atoms with Gasteiger partial charge in [0.25, 0.3) is 5.91 Å². The summed E-state index contributed by atoms with van der Waals surface area (Å²) >= 11 is 1.51. The molecule has 29 heavy (non-hydrogen) atoms. The Morgan fingerprint density at radius 2 is 1.59 bits per heavy atom. The minimum Gasteiger partial charge on any atom is -0.371 e. The van der Waals surface area contributed by atoms with Crippen molar-refractivity contribution in [3.63, 3.8) is 0 Å². The summed E-state index contributed by atoms with van der Waals surface area (Å²) in [5.74, 6) is 0.360. The molecule has 0 aliphatic carbocycles. The van der Waals surface area contributed by atoms with Crippen molar-refractivity contribution < 1.29 is 9.59 Å². The Morgan fingerprint density at radius 3 is 2.31 bits per heavy atom. The molecule has 2 aliphatic heterocycles. The van der Waals surface area contributed by atoms with Crippen LogP contribution in [-0.4, -0.2) is 48.6 Å². The van der Waals surface area contributed by atoms with Gasteiger partial charge in [0.1, 0.15) is 0 Å². The van der Waals surface area contributed by atoms with E-state index in [4.69, 9.17) is 0 Å². The van der Waals surface area contributed by atoms with Crippen LogP contribution < -0.4 is 10.2 Å². The molecule has 0 unspecified atom stereocenters. The van der Waals surface area contributed by atoms with Gasteiger partial charge in [0.2, 0.25) is 5.91 Å². The van der Waals surface area contributed by atoms with E-state index in [0.29, 0.717) is 17.0 Å². The number of carbonyl (C=O) groups excluding carboxylic acids is 2. The lowest BCUT2D eigenvalue weighted by atomic mass is 10.1. The second-order valence-corrected chi connectivity index (χ2v) is 8.62. The van der Waals surface area contributed by atoms with E-state index in [1.807, 2.05) is 53.4 Å². The summed E-state index contributed by atoms with van der Waals surface area (Å²) in [7, 11) is 0. The van der Waals surface area contributed by atoms with Crippen LogP contribution >= 0.6 is 11.8 Å². The second kappa shape index (κ2) is 9.35. The maximum atomic E-state index is 13.2. The van der Waals surface area contributed by atoms with Crippen LogP contribution in [0.15, 0.2) is 53.4 Å². The molecule has 2 fully saturated rings. The van der Waals surface area contributed by atoms with E-state index in [-0.39, 0.29) is 11.8 Å². The van der Waals surface area contributed by atoms with Crippen LogP contribution in [0.5, 0.6) is 0 Å². The number of rotatable bonds is 6. The van der Waals surface area contributed by atoms with E-state index in [9.17, 15) is 9.59 Å². The Hall–Kier alpha value is -2.47. The van der Waals surface area contributed by atoms with Gasteiger partial charge >= 0.3 is 0 Å². The van der Waals surface area contributed by atoms with Crippen molar-refractivity contribution in [1.82, 2.24) is 4.90 Å². The van der Waals surface area contributed by atoms with E-state index in [1.54, 1.807) is 0 Å². The van der Waals surface area contributed by atoms with Crippen molar-refractivity contribution in [2.24, 2.45) is 0 Å². The Labute approximate surface area is 176 Å². The van der Waals surface area contributed by atoms with E-state index in [2.05, 4.69) is 10.2 Å². The lowest BCUT2D eigenvalue weighted by Crippen LogP contribution is -2.30. The molecule has 152 valence electrons. The van der Waals surface area contributed by atoms with Gasteiger partial charge in [-0.3, -0.25) is 9.59 Å². The molecule has 0 radical (unpaired) electrons. The average Bonchev–Trinajstić information content (AvgIpc) is 3.47. The molecule has 4 rings (SSSR count). The number of anilines is 2. The SMILES string of the molecule is O=C(CSc1ccccc1)Nc1ccc(N2CCCC2)c(C(=O)N2CCCC2)c1. The van der Waals surface area contributed by atoms with Crippen LogP contribution in [0.2, 0.25) is 0 Å². The quantitative estimate of drug-likeness (QED) is 0.725. The van der Waals surface area contributed by atoms with Gasteiger partial charge in [0.15, 0.2) is 0 Å². The first kappa shape index (κ1) is 19.8. The first-order chi connectivity index (χ1) is 14.2. The predicted octanol–water partition coefficient (Wildman–Crippen LogP) is 4.25. The zero-order chi connectivity index (χ0) is 20.1. The van der Waals surface area contributed by atoms with Crippen molar-refractivity contribution in [1.29, 1.82) is 0 Å². The topological polar surface area (TPSA) is 52.7 Å². The number of benzene rings is 2. The molecule has 0 saturated carbocycles. The van der Waals surface area contributed by atoms with E-state index >= 15 is 0 Å². The molecule has 0 aromatic heterocycles. The molecule has 6 heteroatoms. The number of hydrogen-bond acceptors (Lipinski definition) is 4. The van der Waals surface area contributed by atoms with Crippen molar-refractivity contribution in [3.8, 4) is 0 Å². The van der Waals surface area contributed by atoms with Gasteiger partial charge in [-0.1, -0.05) is 18.2 Å². The number of nitrogens with zero attached hydrogens (tertiary/aromatic N) is 2. The van der Waals surface area contributed by atoms with Crippen LogP contribution in [0.4, 0.5) is 11.4 Å². The van der Waals surface area contributed by atoms with Gasteiger partial charge in [0.05, 0.1) is 11.3 Å². The fraction of sp³-hybridized carbons (Fsp3) is 0.391. The first-order valence-corrected chi connectivity index (χ1v) is 11.4. The normalized spacial score (nSPS) is 16.3. The van der Waals surface area contributed by atoms with Gasteiger partial charge in [-0.05, 0) is 56.0 Å². The standard InChI is InChI=1S/C23H27N3O2S/c27-22(17-29-19-8-2-1-3-9-19)24-18-10-11-21(25-12-4-5-13-25)20(16-18)23(28)26-14-6-7-15-26/h1-3,8-11,16H,4-7,12-15,17H2,(H,24,27). The van der Waals surface area contributed by atoms with Gasteiger partial charge < -0.3 is 15.1 Å². The van der Waals surface area contributed by atoms with Crippen LogP contribution in [0.3, 0.4) is 0 Å². The number of likely N-dealkylation sites (tertiary alicyclic amines) is 1. The highest BCUT2D eigenvalue weighted by Crippen LogP contribution is 2.29. The highest BCUT2D eigenvalue weighted by Gasteiger charge is 2.25. The molecular formula is C23H27N3O2S. The van der Waals surface area contributed by atoms with Crippen LogP contribution in [0.25, 0.3) is 0 Å². The smallest absolute Gasteiger partial charge is 0.256 e. The van der Waals surface area contributed by atoms with E-state index < -0.39 is 0 Å². The molecule has 1 N–H and O–H groups in total. The minimum atomic E-state index is -0.0626. The lowest BCUT2D eigenvalue weighted by Gasteiger charge is -2.24. The number of amides is 2. The number of nitrogens with one attached hydrogen (secondary N) is 1. The predicted molar refractivity (Wildman–Crippen MR) is 119 cm³/mol. The summed E-state index contributed by atoms with van der Waals surface area (Å²) in [6.45, 7) is 3.62. The molecule has 2 aromatic rings. The number of carbonyl (C=O) groups is 2. The van der Waals surface area contributed by atoms with Crippen LogP contribution in [0, 0.1) is 0 Å². The molecule has 0 spiro atoms. The molecule has 2 heterocycles. The Balaban J connectivity index is 1.48. The summed E-state index contributed by atoms with van der Waals surface area (Å²) < 4.78 is 0. The zero-order valence-electron chi connectivity index (χ0n) is 16.6. The van der Waals surface area contributed by atoms with Crippen molar-refractivity contribution in [2.75, 3.05) is 42.1 Å². The van der Waals surface area contributed by atoms with Crippen molar-refractivity contribution >= 4 is 35.0 Å². The van der Waals surface area contributed by atoms with Crippen molar-refractivity contribution in [3.05, 3.63) is 54.1 Å². The molecular weight excluding hydrogens is 382 g/mol. The highest BCUT2D eigenvalue weighted by atomic mass is 32.2. The third-order valence-corrected chi connectivity index (χ3v) is 6.48. The van der Waals surface area contributed by atoms with Gasteiger partial charge in [0, 0.05) is 42.4 Å². The number of thioether (sulfide) groups is 1. The fourth-order valence-corrected chi connectivity index (χ4v) is 4.69. The molecule has 0 bridgehead atoms. The molecule has 2 aliphatic rings. The summed E-state index contributed by atoms with van der Waals surface area (Å²) in [5.41, 5.74) is 2.40. The van der Waals surface area contributed by atoms with Crippen LogP contribution in [-0.2, 0) is 4.79 Å². The van der Waals surface area contributed by atoms with Gasteiger partial charge in [-0.25, -0.2) is 0 Å². The molecule has 5 nitrogen and oxygen atoms in total. The lowest BCUT2D eigenvalue weighted by molar-refractivity contribution is -0.113. The summed E-state index contributed by atoms with van der Waals surface area (Å²) in [6, 6.07) is 15.7. The second-order valence-electron chi connectivity index (χ2n) is 7.58. The Bertz CT molecular complexity index is 860. The Kier molecular flexibility index (Phi) is 6.39. The minimum absolute atomic E-state index is 0.0626. The maximum absolute atomic E-state index is 13.2. The van der Waals surface area contributed by atoms with E-state index in [0.717, 1.165) is 62.4 Å². The van der Waals surface area contributed by atoms with Crippen molar-refractivity contribution in [2.45, 2.75) is 30.6 Å². The molecule has 2 saturated heterocycles. The third-order valence-electron chi connectivity index (χ3n) is 5.46.